The van der Waals surface area contributed by atoms with Gasteiger partial charge in [0, 0.05) is 6.61 Å². The summed E-state index contributed by atoms with van der Waals surface area (Å²) < 4.78 is 5.74. The van der Waals surface area contributed by atoms with Crippen molar-refractivity contribution < 1.29 is 4.74 Å². The van der Waals surface area contributed by atoms with Gasteiger partial charge in [0.15, 0.2) is 0 Å². The number of hydrogen-bond acceptors (Lipinski definition) is 1. The quantitative estimate of drug-likeness (QED) is 0.342. The van der Waals surface area contributed by atoms with E-state index in [1.807, 2.05) is 0 Å². The Morgan fingerprint density at radius 1 is 1.00 bits per heavy atom. The largest absolute Gasteiger partial charge is 0.377 e. The smallest absolute Gasteiger partial charge is 0.0716 e. The summed E-state index contributed by atoms with van der Waals surface area (Å²) in [4.78, 5) is 0. The number of benzene rings is 1. The van der Waals surface area contributed by atoms with Crippen LogP contribution in [0.4, 0.5) is 0 Å². The summed E-state index contributed by atoms with van der Waals surface area (Å²) >= 11 is 0. The molecule has 0 atom stereocenters. The number of hydrogen-bond donors (Lipinski definition) is 0. The van der Waals surface area contributed by atoms with Gasteiger partial charge in [0.25, 0.3) is 0 Å². The van der Waals surface area contributed by atoms with Gasteiger partial charge in [-0.05, 0) is 74.8 Å². The maximum absolute atomic E-state index is 5.74. The summed E-state index contributed by atoms with van der Waals surface area (Å²) in [7, 11) is 0. The number of ether oxygens (including phenoxy) is 1. The highest BCUT2D eigenvalue weighted by Crippen LogP contribution is 2.32. The highest BCUT2D eigenvalue weighted by molar-refractivity contribution is 5.22. The molecule has 0 heterocycles. The first-order valence-corrected chi connectivity index (χ1v) is 10.1. The van der Waals surface area contributed by atoms with E-state index in [1.165, 1.54) is 68.9 Å². The lowest BCUT2D eigenvalue weighted by Crippen LogP contribution is -2.13. The van der Waals surface area contributed by atoms with Crippen LogP contribution in [0.1, 0.15) is 76.3 Å². The van der Waals surface area contributed by atoms with E-state index in [1.54, 1.807) is 0 Å². The molecule has 0 bridgehead atoms. The van der Waals surface area contributed by atoms with Crippen molar-refractivity contribution >= 4 is 0 Å². The lowest BCUT2D eigenvalue weighted by molar-refractivity contribution is 0.117. The third kappa shape index (κ3) is 7.21. The molecule has 0 unspecified atom stereocenters. The van der Waals surface area contributed by atoms with Crippen LogP contribution in [0.25, 0.3) is 0 Å². The fourth-order valence-corrected chi connectivity index (χ4v) is 3.76. The van der Waals surface area contributed by atoms with Crippen molar-refractivity contribution in [1.82, 2.24) is 0 Å². The molecular weight excluding hydrogens is 292 g/mol. The average molecular weight is 329 g/mol. The van der Waals surface area contributed by atoms with Crippen LogP contribution in [0, 0.1) is 11.8 Å². The number of unbranched alkanes of at least 4 members (excludes halogenated alkanes) is 2. The van der Waals surface area contributed by atoms with Crippen LogP contribution in [-0.4, -0.2) is 6.61 Å². The van der Waals surface area contributed by atoms with Crippen molar-refractivity contribution in [3.05, 3.63) is 47.5 Å². The van der Waals surface area contributed by atoms with Crippen molar-refractivity contribution in [2.45, 2.75) is 78.2 Å². The van der Waals surface area contributed by atoms with Crippen molar-refractivity contribution in [2.75, 3.05) is 6.61 Å². The molecule has 1 fully saturated rings. The van der Waals surface area contributed by atoms with Gasteiger partial charge < -0.3 is 4.74 Å². The van der Waals surface area contributed by atoms with Gasteiger partial charge in [-0.1, -0.05) is 56.2 Å². The molecule has 1 aromatic carbocycles. The molecule has 1 nitrogen and oxygen atoms in total. The summed E-state index contributed by atoms with van der Waals surface area (Å²) in [6, 6.07) is 9.10. The zero-order chi connectivity index (χ0) is 17.0. The number of allylic oxidation sites excluding steroid dienone is 2. The topological polar surface area (TPSA) is 9.23 Å². The Labute approximate surface area is 149 Å². The van der Waals surface area contributed by atoms with Crippen LogP contribution < -0.4 is 0 Å². The van der Waals surface area contributed by atoms with Crippen LogP contribution >= 0.6 is 0 Å². The third-order valence-corrected chi connectivity index (χ3v) is 5.38. The van der Waals surface area contributed by atoms with Gasteiger partial charge in [-0.25, -0.2) is 0 Å². The van der Waals surface area contributed by atoms with E-state index in [9.17, 15) is 0 Å². The molecule has 0 spiro atoms. The van der Waals surface area contributed by atoms with Gasteiger partial charge in [0.1, 0.15) is 0 Å². The number of aryl methyl sites for hydroxylation is 1. The fraction of sp³-hybridized carbons (Fsp3) is 0.652. The lowest BCUT2D eigenvalue weighted by Gasteiger charge is -2.26. The highest BCUT2D eigenvalue weighted by atomic mass is 16.5. The van der Waals surface area contributed by atoms with Crippen LogP contribution in [0.15, 0.2) is 36.4 Å². The minimum atomic E-state index is 0.763. The first-order chi connectivity index (χ1) is 11.8. The predicted octanol–water partition coefficient (Wildman–Crippen LogP) is 6.71. The summed E-state index contributed by atoms with van der Waals surface area (Å²) in [5.74, 6) is 1.79. The molecule has 134 valence electrons. The first-order valence-electron chi connectivity index (χ1n) is 10.1. The summed E-state index contributed by atoms with van der Waals surface area (Å²) in [5.41, 5.74) is 2.79. The van der Waals surface area contributed by atoms with Crippen molar-refractivity contribution in [3.63, 3.8) is 0 Å². The maximum atomic E-state index is 5.74. The van der Waals surface area contributed by atoms with Gasteiger partial charge in [0.05, 0.1) is 6.61 Å². The molecule has 24 heavy (non-hydrogen) atoms. The van der Waals surface area contributed by atoms with E-state index >= 15 is 0 Å². The monoisotopic (exact) mass is 328 g/mol. The first kappa shape index (κ1) is 19.2. The SMILES string of the molecule is C/C=C\[C@H]1CC[C@H](CCc2ccc(COCCCCC)cc2)CC1. The molecule has 0 aliphatic heterocycles. The molecule has 0 saturated heterocycles. The summed E-state index contributed by atoms with van der Waals surface area (Å²) in [6.45, 7) is 6.03. The molecule has 0 amide bonds. The predicted molar refractivity (Wildman–Crippen MR) is 104 cm³/mol. The van der Waals surface area contributed by atoms with Crippen LogP contribution in [-0.2, 0) is 17.8 Å². The zero-order valence-electron chi connectivity index (χ0n) is 15.8. The van der Waals surface area contributed by atoms with Crippen LogP contribution in [0.2, 0.25) is 0 Å². The van der Waals surface area contributed by atoms with E-state index in [-0.39, 0.29) is 0 Å². The molecule has 1 saturated carbocycles. The minimum Gasteiger partial charge on any atom is -0.377 e. The Morgan fingerprint density at radius 2 is 1.71 bits per heavy atom. The molecular formula is C23H36O. The van der Waals surface area contributed by atoms with E-state index in [2.05, 4.69) is 50.3 Å². The van der Waals surface area contributed by atoms with E-state index in [0.717, 1.165) is 25.0 Å². The molecule has 1 aliphatic rings. The molecule has 0 N–H and O–H groups in total. The van der Waals surface area contributed by atoms with E-state index in [4.69, 9.17) is 4.74 Å². The lowest BCUT2D eigenvalue weighted by atomic mass is 9.79. The van der Waals surface area contributed by atoms with Gasteiger partial charge in [-0.15, -0.1) is 0 Å². The van der Waals surface area contributed by atoms with Crippen LogP contribution in [0.5, 0.6) is 0 Å². The fourth-order valence-electron chi connectivity index (χ4n) is 3.76. The highest BCUT2D eigenvalue weighted by Gasteiger charge is 2.18. The Kier molecular flexibility index (Phi) is 9.20. The summed E-state index contributed by atoms with van der Waals surface area (Å²) in [5, 5.41) is 0. The van der Waals surface area contributed by atoms with Gasteiger partial charge in [-0.2, -0.15) is 0 Å². The zero-order valence-corrected chi connectivity index (χ0v) is 15.8. The second-order valence-corrected chi connectivity index (χ2v) is 7.42. The molecule has 0 radical (unpaired) electrons. The van der Waals surface area contributed by atoms with Crippen molar-refractivity contribution in [1.29, 1.82) is 0 Å². The van der Waals surface area contributed by atoms with Crippen LogP contribution in [0.3, 0.4) is 0 Å². The Balaban J connectivity index is 1.63. The Bertz CT molecular complexity index is 451. The number of rotatable bonds is 10. The van der Waals surface area contributed by atoms with Gasteiger partial charge >= 0.3 is 0 Å². The molecule has 1 aliphatic carbocycles. The Hall–Kier alpha value is -1.08. The average Bonchev–Trinajstić information content (AvgIpc) is 2.62. The van der Waals surface area contributed by atoms with Gasteiger partial charge in [0.2, 0.25) is 0 Å². The standard InChI is InChI=1S/C23H36O/c1-3-5-6-18-24-19-23-16-14-22(15-17-23)13-12-21-10-8-20(7-4-2)9-11-21/h4,7,14-17,20-21H,3,5-6,8-13,18-19H2,1-2H3/b7-4-/t20-,21-. The summed E-state index contributed by atoms with van der Waals surface area (Å²) in [6.07, 6.45) is 16.5. The molecule has 1 aromatic rings. The van der Waals surface area contributed by atoms with Crippen molar-refractivity contribution in [2.24, 2.45) is 11.8 Å². The van der Waals surface area contributed by atoms with Crippen molar-refractivity contribution in [3.8, 4) is 0 Å². The van der Waals surface area contributed by atoms with E-state index in [0.29, 0.717) is 0 Å². The molecule has 1 heteroatoms. The van der Waals surface area contributed by atoms with Gasteiger partial charge in [-0.3, -0.25) is 0 Å². The second-order valence-electron chi connectivity index (χ2n) is 7.42. The molecule has 0 aromatic heterocycles. The Morgan fingerprint density at radius 3 is 2.38 bits per heavy atom. The maximum Gasteiger partial charge on any atom is 0.0716 e. The third-order valence-electron chi connectivity index (χ3n) is 5.38. The normalized spacial score (nSPS) is 21.4. The molecule has 2 rings (SSSR count). The second kappa shape index (κ2) is 11.5. The minimum absolute atomic E-state index is 0.763. The van der Waals surface area contributed by atoms with E-state index < -0.39 is 0 Å².